The number of nitrogens with zero attached hydrogens (tertiary/aromatic N) is 2. The van der Waals surface area contributed by atoms with Crippen LogP contribution in [0.2, 0.25) is 5.02 Å². The van der Waals surface area contributed by atoms with Crippen molar-refractivity contribution >= 4 is 46.1 Å². The first-order valence-corrected chi connectivity index (χ1v) is 15.6. The van der Waals surface area contributed by atoms with Gasteiger partial charge in [0.05, 0.1) is 25.6 Å². The number of nitrogens with one attached hydrogen (secondary N) is 3. The van der Waals surface area contributed by atoms with Crippen molar-refractivity contribution in [1.82, 2.24) is 25.4 Å². The largest absolute Gasteiger partial charge is 0.493 e. The highest BCUT2D eigenvalue weighted by molar-refractivity contribution is 6.31. The fourth-order valence-electron chi connectivity index (χ4n) is 6.44. The van der Waals surface area contributed by atoms with E-state index in [1.54, 1.807) is 41.0 Å². The molecule has 12 heteroatoms. The molecule has 4 atom stereocenters. The molecule has 3 unspecified atom stereocenters. The molecule has 3 heterocycles. The zero-order valence-corrected chi connectivity index (χ0v) is 26.9. The summed E-state index contributed by atoms with van der Waals surface area (Å²) in [5.74, 6) is -0.826. The van der Waals surface area contributed by atoms with E-state index in [9.17, 15) is 19.2 Å². The van der Waals surface area contributed by atoms with Crippen LogP contribution in [0, 0.1) is 17.8 Å². The molecule has 0 bridgehead atoms. The number of likely N-dealkylation sites (tertiary alicyclic amines) is 2. The number of benzene rings is 2. The van der Waals surface area contributed by atoms with Gasteiger partial charge in [-0.05, 0) is 68.5 Å². The molecule has 2 fully saturated rings. The summed E-state index contributed by atoms with van der Waals surface area (Å²) in [5, 5.41) is 6.88. The van der Waals surface area contributed by atoms with Crippen molar-refractivity contribution in [3.63, 3.8) is 0 Å². The van der Waals surface area contributed by atoms with E-state index in [2.05, 4.69) is 15.6 Å². The number of H-pyrrole nitrogens is 1. The smallest absolute Gasteiger partial charge is 0.254 e. The zero-order valence-electron chi connectivity index (χ0n) is 26.2. The van der Waals surface area contributed by atoms with Crippen molar-refractivity contribution in [2.75, 3.05) is 40.3 Å². The van der Waals surface area contributed by atoms with Crippen LogP contribution in [0.3, 0.4) is 0 Å². The number of methoxy groups -OCH3 is 1. The van der Waals surface area contributed by atoms with E-state index in [1.807, 2.05) is 32.2 Å². The van der Waals surface area contributed by atoms with Crippen molar-refractivity contribution < 1.29 is 28.7 Å². The topological polar surface area (TPSA) is 133 Å². The summed E-state index contributed by atoms with van der Waals surface area (Å²) in [6, 6.07) is 9.85. The number of piperidine rings is 1. The minimum absolute atomic E-state index is 0.0588. The Morgan fingerprint density at radius 3 is 2.47 bits per heavy atom. The average Bonchev–Trinajstić information content (AvgIpc) is 3.63. The van der Waals surface area contributed by atoms with Gasteiger partial charge in [0, 0.05) is 60.9 Å². The van der Waals surface area contributed by atoms with Gasteiger partial charge in [0.1, 0.15) is 6.04 Å². The van der Waals surface area contributed by atoms with E-state index in [0.717, 1.165) is 16.5 Å². The van der Waals surface area contributed by atoms with Gasteiger partial charge in [0.2, 0.25) is 17.7 Å². The maximum absolute atomic E-state index is 13.7. The highest BCUT2D eigenvalue weighted by Crippen LogP contribution is 2.37. The first kappa shape index (κ1) is 32.2. The standard InChI is InChI=1S/C33H40ClN5O6/c1-18(2)45-28-9-6-20(10-29(28)44-5)33(43)39-15-22-14-38(17-26(25(22)16-39)32(42)37-19(3)31(41)35-4)30(40)11-21-13-36-27-12-23(34)7-8-24(21)27/h6-10,12-13,18-19,22,25-26,36H,11,14-17H2,1-5H3,(H,35,41)(H,37,42)/t19-,22?,25?,26?/m1/s1. The zero-order chi connectivity index (χ0) is 32.4. The predicted octanol–water partition coefficient (Wildman–Crippen LogP) is 3.26. The molecule has 1 aromatic heterocycles. The number of rotatable bonds is 9. The first-order chi connectivity index (χ1) is 21.5. The van der Waals surface area contributed by atoms with Crippen LogP contribution in [0.25, 0.3) is 10.9 Å². The summed E-state index contributed by atoms with van der Waals surface area (Å²) >= 11 is 6.13. The Balaban J connectivity index is 1.37. The van der Waals surface area contributed by atoms with Crippen LogP contribution >= 0.6 is 11.6 Å². The third kappa shape index (κ3) is 6.88. The monoisotopic (exact) mass is 637 g/mol. The summed E-state index contributed by atoms with van der Waals surface area (Å²) in [6.45, 7) is 6.80. The molecule has 4 amide bonds. The van der Waals surface area contributed by atoms with E-state index in [4.69, 9.17) is 21.1 Å². The van der Waals surface area contributed by atoms with Crippen LogP contribution in [0.4, 0.5) is 0 Å². The van der Waals surface area contributed by atoms with Crippen molar-refractivity contribution in [2.45, 2.75) is 39.3 Å². The second-order valence-corrected chi connectivity index (χ2v) is 12.5. The fraction of sp³-hybridized carbons (Fsp3) is 0.455. The number of ether oxygens (including phenoxy) is 2. The van der Waals surface area contributed by atoms with Crippen molar-refractivity contribution in [2.24, 2.45) is 17.8 Å². The maximum Gasteiger partial charge on any atom is 0.254 e. The van der Waals surface area contributed by atoms with Gasteiger partial charge in [-0.2, -0.15) is 0 Å². The SMILES string of the molecule is CNC(=O)[C@@H](C)NC(=O)C1CN(C(=O)Cc2c[nH]c3cc(Cl)ccc23)CC2CN(C(=O)c3ccc(OC(C)C)c(OC)c3)CC21. The highest BCUT2D eigenvalue weighted by Gasteiger charge is 2.48. The molecular formula is C33H40ClN5O6. The lowest BCUT2D eigenvalue weighted by Crippen LogP contribution is -2.55. The highest BCUT2D eigenvalue weighted by atomic mass is 35.5. The van der Waals surface area contributed by atoms with Gasteiger partial charge in [-0.25, -0.2) is 0 Å². The molecule has 0 saturated carbocycles. The van der Waals surface area contributed by atoms with E-state index in [1.165, 1.54) is 14.2 Å². The molecule has 2 aromatic carbocycles. The van der Waals surface area contributed by atoms with Gasteiger partial charge in [-0.15, -0.1) is 0 Å². The van der Waals surface area contributed by atoms with E-state index in [-0.39, 0.29) is 54.5 Å². The van der Waals surface area contributed by atoms with Gasteiger partial charge in [-0.1, -0.05) is 17.7 Å². The Kier molecular flexibility index (Phi) is 9.57. The van der Waals surface area contributed by atoms with Gasteiger partial charge in [0.25, 0.3) is 5.91 Å². The minimum atomic E-state index is -0.747. The summed E-state index contributed by atoms with van der Waals surface area (Å²) in [6.07, 6.45) is 1.90. The number of hydrogen-bond acceptors (Lipinski definition) is 6. The normalized spacial score (nSPS) is 20.1. The van der Waals surface area contributed by atoms with E-state index >= 15 is 0 Å². The van der Waals surface area contributed by atoms with Crippen molar-refractivity contribution in [1.29, 1.82) is 0 Å². The fourth-order valence-corrected chi connectivity index (χ4v) is 6.61. The number of aromatic amines is 1. The van der Waals surface area contributed by atoms with Crippen LogP contribution in [0.5, 0.6) is 11.5 Å². The number of carbonyl (C=O) groups is 4. The van der Waals surface area contributed by atoms with Gasteiger partial charge in [0.15, 0.2) is 11.5 Å². The number of fused-ring (bicyclic) bond motifs is 2. The molecule has 45 heavy (non-hydrogen) atoms. The molecule has 3 N–H and O–H groups in total. The molecule has 240 valence electrons. The molecule has 11 nitrogen and oxygen atoms in total. The first-order valence-electron chi connectivity index (χ1n) is 15.2. The quantitative estimate of drug-likeness (QED) is 0.330. The lowest BCUT2D eigenvalue weighted by Gasteiger charge is -2.39. The summed E-state index contributed by atoms with van der Waals surface area (Å²) < 4.78 is 11.3. The van der Waals surface area contributed by atoms with Crippen molar-refractivity contribution in [3.8, 4) is 11.5 Å². The summed E-state index contributed by atoms with van der Waals surface area (Å²) in [4.78, 5) is 59.9. The second kappa shape index (κ2) is 13.4. The number of hydrogen-bond donors (Lipinski definition) is 3. The van der Waals surface area contributed by atoms with Crippen LogP contribution < -0.4 is 20.1 Å². The third-order valence-electron chi connectivity index (χ3n) is 8.70. The number of likely N-dealkylation sites (N-methyl/N-ethyl adjacent to an activating group) is 1. The lowest BCUT2D eigenvalue weighted by atomic mass is 9.79. The Hall–Kier alpha value is -4.25. The molecule has 2 saturated heterocycles. The summed E-state index contributed by atoms with van der Waals surface area (Å²) in [7, 11) is 3.04. The number of carbonyl (C=O) groups excluding carboxylic acids is 4. The van der Waals surface area contributed by atoms with E-state index < -0.39 is 12.0 Å². The van der Waals surface area contributed by atoms with Crippen LogP contribution in [0.15, 0.2) is 42.6 Å². The molecule has 3 aromatic rings. The van der Waals surface area contributed by atoms with E-state index in [0.29, 0.717) is 41.7 Å². The number of halogens is 1. The number of amides is 4. The maximum atomic E-state index is 13.7. The molecule has 2 aliphatic heterocycles. The van der Waals surface area contributed by atoms with Crippen LogP contribution in [0.1, 0.15) is 36.7 Å². The molecule has 0 spiro atoms. The molecule has 0 radical (unpaired) electrons. The van der Waals surface area contributed by atoms with Crippen molar-refractivity contribution in [3.05, 3.63) is 58.7 Å². The van der Waals surface area contributed by atoms with Crippen LogP contribution in [-0.2, 0) is 20.8 Å². The van der Waals surface area contributed by atoms with Gasteiger partial charge in [-0.3, -0.25) is 19.2 Å². The minimum Gasteiger partial charge on any atom is -0.493 e. The summed E-state index contributed by atoms with van der Waals surface area (Å²) in [5.41, 5.74) is 2.13. The number of aromatic nitrogens is 1. The Morgan fingerprint density at radius 1 is 1.00 bits per heavy atom. The Morgan fingerprint density at radius 2 is 1.76 bits per heavy atom. The third-order valence-corrected chi connectivity index (χ3v) is 8.94. The molecule has 2 aliphatic rings. The van der Waals surface area contributed by atoms with Gasteiger partial charge >= 0.3 is 0 Å². The second-order valence-electron chi connectivity index (χ2n) is 12.1. The lowest BCUT2D eigenvalue weighted by molar-refractivity contribution is -0.140. The van der Waals surface area contributed by atoms with Crippen LogP contribution in [-0.4, -0.2) is 90.9 Å². The Labute approximate surface area is 267 Å². The average molecular weight is 638 g/mol. The Bertz CT molecular complexity index is 1610. The van der Waals surface area contributed by atoms with Gasteiger partial charge < -0.3 is 34.9 Å². The molecular weight excluding hydrogens is 598 g/mol. The molecule has 5 rings (SSSR count). The predicted molar refractivity (Wildman–Crippen MR) is 170 cm³/mol. The molecule has 0 aliphatic carbocycles.